The van der Waals surface area contributed by atoms with Gasteiger partial charge in [-0.2, -0.15) is 4.98 Å². The van der Waals surface area contributed by atoms with Crippen molar-refractivity contribution in [3.63, 3.8) is 0 Å². The first kappa shape index (κ1) is 17.9. The maximum atomic E-state index is 12.6. The Morgan fingerprint density at radius 1 is 1.04 bits per heavy atom. The summed E-state index contributed by atoms with van der Waals surface area (Å²) in [6, 6.07) is 17.9. The Bertz CT molecular complexity index is 1080. The van der Waals surface area contributed by atoms with E-state index in [9.17, 15) is 4.21 Å². The zero-order valence-corrected chi connectivity index (χ0v) is 16.7. The number of benzene rings is 1. The summed E-state index contributed by atoms with van der Waals surface area (Å²) in [6.45, 7) is 2.11. The minimum atomic E-state index is -0.990. The molecule has 27 heavy (non-hydrogen) atoms. The summed E-state index contributed by atoms with van der Waals surface area (Å²) in [7, 11) is -0.990. The molecule has 0 N–H and O–H groups in total. The van der Waals surface area contributed by atoms with Gasteiger partial charge in [0.15, 0.2) is 0 Å². The van der Waals surface area contributed by atoms with Gasteiger partial charge in [-0.3, -0.25) is 4.21 Å². The summed E-state index contributed by atoms with van der Waals surface area (Å²) >= 11 is 1.51. The quantitative estimate of drug-likeness (QED) is 0.451. The predicted octanol–water partition coefficient (Wildman–Crippen LogP) is 4.54. The van der Waals surface area contributed by atoms with Gasteiger partial charge in [-0.25, -0.2) is 4.57 Å². The van der Waals surface area contributed by atoms with Gasteiger partial charge in [0.05, 0.1) is 27.4 Å². The molecule has 6 heteroatoms. The van der Waals surface area contributed by atoms with Crippen molar-refractivity contribution in [2.24, 2.45) is 0 Å². The van der Waals surface area contributed by atoms with Crippen molar-refractivity contribution in [1.29, 1.82) is 0 Å². The van der Waals surface area contributed by atoms with Crippen molar-refractivity contribution >= 4 is 32.4 Å². The molecule has 0 aliphatic heterocycles. The van der Waals surface area contributed by atoms with Crippen molar-refractivity contribution in [1.82, 2.24) is 9.97 Å². The average Bonchev–Trinajstić information content (AvgIpc) is 3.17. The van der Waals surface area contributed by atoms with E-state index in [1.807, 2.05) is 71.6 Å². The van der Waals surface area contributed by atoms with Crippen molar-refractivity contribution in [3.05, 3.63) is 67.0 Å². The maximum Gasteiger partial charge on any atom is 0.340 e. The molecule has 0 saturated carbocycles. The molecule has 0 aliphatic carbocycles. The highest BCUT2D eigenvalue weighted by Gasteiger charge is 2.22. The van der Waals surface area contributed by atoms with Gasteiger partial charge in [0.2, 0.25) is 0 Å². The van der Waals surface area contributed by atoms with Gasteiger partial charge in [-0.05, 0) is 41.7 Å². The molecule has 0 fully saturated rings. The lowest BCUT2D eigenvalue weighted by molar-refractivity contribution is -0.598. The van der Waals surface area contributed by atoms with Crippen LogP contribution in [0.3, 0.4) is 0 Å². The number of fused-ring (bicyclic) bond motifs is 1. The van der Waals surface area contributed by atoms with Gasteiger partial charge in [0, 0.05) is 11.3 Å². The molecular weight excluding hydrogens is 374 g/mol. The van der Waals surface area contributed by atoms with E-state index in [0.717, 1.165) is 38.6 Å². The summed E-state index contributed by atoms with van der Waals surface area (Å²) in [4.78, 5) is 10.5. The third kappa shape index (κ3) is 3.82. The number of nitrogens with zero attached hydrogens (tertiary/aromatic N) is 3. The Morgan fingerprint density at radius 3 is 2.52 bits per heavy atom. The molecule has 0 bridgehead atoms. The van der Waals surface area contributed by atoms with Gasteiger partial charge in [-0.1, -0.05) is 37.6 Å². The van der Waals surface area contributed by atoms with Crippen LogP contribution in [0.4, 0.5) is 0 Å². The molecule has 136 valence electrons. The van der Waals surface area contributed by atoms with Crippen LogP contribution in [-0.4, -0.2) is 19.9 Å². The van der Waals surface area contributed by atoms with Crippen molar-refractivity contribution in [2.45, 2.75) is 24.0 Å². The molecule has 1 aromatic carbocycles. The predicted molar refractivity (Wildman–Crippen MR) is 111 cm³/mol. The lowest BCUT2D eigenvalue weighted by atomic mass is 10.2. The minimum absolute atomic E-state index is 0.683. The number of aromatic nitrogens is 3. The second-order valence-corrected chi connectivity index (χ2v) is 9.04. The zero-order chi connectivity index (χ0) is 18.6. The van der Waals surface area contributed by atoms with Crippen molar-refractivity contribution in [3.8, 4) is 17.2 Å². The van der Waals surface area contributed by atoms with Crippen LogP contribution in [0.5, 0.6) is 0 Å². The molecule has 0 aliphatic rings. The first-order chi connectivity index (χ1) is 13.3. The lowest BCUT2D eigenvalue weighted by Gasteiger charge is -2.00. The van der Waals surface area contributed by atoms with E-state index in [4.69, 9.17) is 9.97 Å². The molecule has 4 rings (SSSR count). The van der Waals surface area contributed by atoms with Gasteiger partial charge >= 0.3 is 5.82 Å². The Kier molecular flexibility index (Phi) is 5.36. The smallest absolute Gasteiger partial charge is 0.254 e. The molecule has 0 radical (unpaired) electrons. The number of hydrogen-bond donors (Lipinski definition) is 0. The first-order valence-corrected chi connectivity index (χ1v) is 11.1. The molecule has 1 unspecified atom stereocenters. The second-order valence-electron chi connectivity index (χ2n) is 6.21. The molecule has 1 atom stereocenters. The van der Waals surface area contributed by atoms with E-state index in [2.05, 4.69) is 6.92 Å². The largest absolute Gasteiger partial charge is 0.340 e. The molecular formula is C21H20N3OS2+. The Hall–Kier alpha value is -2.44. The maximum absolute atomic E-state index is 12.6. The first-order valence-electron chi connectivity index (χ1n) is 8.98. The van der Waals surface area contributed by atoms with Crippen LogP contribution in [0.2, 0.25) is 0 Å². The van der Waals surface area contributed by atoms with Crippen LogP contribution in [0, 0.1) is 0 Å². The molecule has 4 nitrogen and oxygen atoms in total. The fourth-order valence-electron chi connectivity index (χ4n) is 2.83. The van der Waals surface area contributed by atoms with Crippen LogP contribution in [0.25, 0.3) is 27.4 Å². The SMILES string of the molecule is CCCCS(=O)c1cc2c(-[n+]3ccccc3)nc(-c3ccccc3)nc2s1. The topological polar surface area (TPSA) is 46.7 Å². The summed E-state index contributed by atoms with van der Waals surface area (Å²) in [5.74, 6) is 2.19. The molecule has 4 aromatic rings. The second kappa shape index (κ2) is 8.06. The monoisotopic (exact) mass is 394 g/mol. The number of thiophene rings is 1. The number of rotatable bonds is 6. The molecule has 0 amide bonds. The van der Waals surface area contributed by atoms with E-state index in [1.54, 1.807) is 0 Å². The molecule has 0 spiro atoms. The van der Waals surface area contributed by atoms with Crippen molar-refractivity contribution in [2.75, 3.05) is 5.75 Å². The molecule has 0 saturated heterocycles. The number of unbranched alkanes of at least 4 members (excludes halogenated alkanes) is 1. The summed E-state index contributed by atoms with van der Waals surface area (Å²) in [6.07, 6.45) is 5.95. The van der Waals surface area contributed by atoms with Crippen LogP contribution >= 0.6 is 11.3 Å². The van der Waals surface area contributed by atoms with E-state index >= 15 is 0 Å². The van der Waals surface area contributed by atoms with Gasteiger partial charge in [0.1, 0.15) is 10.2 Å². The fourth-order valence-corrected chi connectivity index (χ4v) is 5.45. The van der Waals surface area contributed by atoms with E-state index in [0.29, 0.717) is 11.6 Å². The van der Waals surface area contributed by atoms with Crippen LogP contribution in [0.15, 0.2) is 71.2 Å². The summed E-state index contributed by atoms with van der Waals surface area (Å²) in [5.41, 5.74) is 0.972. The Labute approximate surface area is 165 Å². The van der Waals surface area contributed by atoms with Crippen LogP contribution < -0.4 is 4.57 Å². The summed E-state index contributed by atoms with van der Waals surface area (Å²) in [5, 5.41) is 0.940. The Balaban J connectivity index is 1.89. The Morgan fingerprint density at radius 2 is 1.78 bits per heavy atom. The average molecular weight is 395 g/mol. The highest BCUT2D eigenvalue weighted by molar-refractivity contribution is 7.87. The van der Waals surface area contributed by atoms with Crippen LogP contribution in [0.1, 0.15) is 19.8 Å². The van der Waals surface area contributed by atoms with Gasteiger partial charge < -0.3 is 0 Å². The van der Waals surface area contributed by atoms with E-state index in [-0.39, 0.29) is 0 Å². The minimum Gasteiger partial charge on any atom is -0.254 e. The molecule has 3 heterocycles. The number of pyridine rings is 1. The summed E-state index contributed by atoms with van der Waals surface area (Å²) < 4.78 is 15.5. The van der Waals surface area contributed by atoms with Crippen LogP contribution in [-0.2, 0) is 10.8 Å². The third-order valence-corrected chi connectivity index (χ3v) is 7.11. The highest BCUT2D eigenvalue weighted by atomic mass is 32.2. The van der Waals surface area contributed by atoms with E-state index < -0.39 is 10.8 Å². The fraction of sp³-hybridized carbons (Fsp3) is 0.190. The third-order valence-electron chi connectivity index (χ3n) is 4.25. The number of hydrogen-bond acceptors (Lipinski definition) is 4. The molecule has 3 aromatic heterocycles. The lowest BCUT2D eigenvalue weighted by Crippen LogP contribution is -2.31. The highest BCUT2D eigenvalue weighted by Crippen LogP contribution is 2.31. The van der Waals surface area contributed by atoms with E-state index in [1.165, 1.54) is 11.3 Å². The normalized spacial score (nSPS) is 12.3. The zero-order valence-electron chi connectivity index (χ0n) is 15.0. The van der Waals surface area contributed by atoms with Crippen molar-refractivity contribution < 1.29 is 8.78 Å². The standard InChI is InChI=1S/C21H20N3OS2/c1-2-3-14-27(25)18-15-17-20(24-12-8-5-9-13-24)22-19(23-21(17)26-18)16-10-6-4-7-11-16/h4-13,15H,2-3,14H2,1H3/q+1. The van der Waals surface area contributed by atoms with Gasteiger partial charge in [-0.15, -0.1) is 11.3 Å². The van der Waals surface area contributed by atoms with Gasteiger partial charge in [0.25, 0.3) is 5.82 Å².